The van der Waals surface area contributed by atoms with E-state index in [2.05, 4.69) is 165 Å². The van der Waals surface area contributed by atoms with Gasteiger partial charge < -0.3 is 24.5 Å². The Hall–Kier alpha value is -1.90. The molecule has 0 aromatic heterocycles. The summed E-state index contributed by atoms with van der Waals surface area (Å²) in [6, 6.07) is 47.2. The number of fused-ring (bicyclic) bond motifs is 2. The molecule has 2 aliphatic heterocycles. The van der Waals surface area contributed by atoms with Gasteiger partial charge in [-0.3, -0.25) is 0 Å². The van der Waals surface area contributed by atoms with Gasteiger partial charge >= 0.3 is 0 Å². The van der Waals surface area contributed by atoms with Crippen LogP contribution in [-0.4, -0.2) is 0 Å². The standard InChI is InChI=1S/C34H22Br2P2S2/c35-31-27-21-30-28(32(36)34(24-15-7-2-8-16-24)38(30,40)26-19-11-4-12-20-26)22-29(27)37(39,25-17-9-3-10-18-25)33(31)23-13-5-1-6-14-23/h1-22H. The number of benzene rings is 5. The van der Waals surface area contributed by atoms with Gasteiger partial charge in [0.1, 0.15) is 10.6 Å². The molecule has 0 saturated heterocycles. The van der Waals surface area contributed by atoms with Crippen LogP contribution in [0, 0.1) is 0 Å². The van der Waals surface area contributed by atoms with Crippen molar-refractivity contribution >= 4 is 110 Å². The maximum Gasteiger partial charge on any atom is 0.105 e. The minimum Gasteiger partial charge on any atom is -0.540 e. The lowest BCUT2D eigenvalue weighted by Gasteiger charge is -2.33. The topological polar surface area (TPSA) is 0 Å². The van der Waals surface area contributed by atoms with Crippen molar-refractivity contribution in [3.8, 4) is 0 Å². The molecule has 0 fully saturated rings. The van der Waals surface area contributed by atoms with E-state index >= 15 is 0 Å². The predicted octanol–water partition coefficient (Wildman–Crippen LogP) is 9.02. The Bertz CT molecular complexity index is 1690. The molecule has 40 heavy (non-hydrogen) atoms. The zero-order valence-corrected chi connectivity index (χ0v) is 27.8. The smallest absolute Gasteiger partial charge is 0.105 e. The zero-order chi connectivity index (χ0) is 27.5. The largest absolute Gasteiger partial charge is 0.540 e. The number of halogens is 2. The summed E-state index contributed by atoms with van der Waals surface area (Å²) in [7, 11) is 0. The number of rotatable bonds is 4. The summed E-state index contributed by atoms with van der Waals surface area (Å²) in [6.45, 7) is -4.73. The van der Waals surface area contributed by atoms with Crippen molar-refractivity contribution in [2.45, 2.75) is 0 Å². The first-order valence-electron chi connectivity index (χ1n) is 12.9. The molecule has 0 bridgehead atoms. The number of hydrogen-bond acceptors (Lipinski definition) is 2. The van der Waals surface area contributed by atoms with Crippen molar-refractivity contribution in [3.05, 3.63) is 156 Å². The fourth-order valence-electron chi connectivity index (χ4n) is 5.84. The minimum absolute atomic E-state index is 1.09. The van der Waals surface area contributed by atoms with Gasteiger partial charge in [0, 0.05) is 22.3 Å². The lowest BCUT2D eigenvalue weighted by molar-refractivity contribution is 1.65. The van der Waals surface area contributed by atoms with Gasteiger partial charge in [0.2, 0.25) is 0 Å². The third-order valence-corrected chi connectivity index (χ3v) is 19.8. The van der Waals surface area contributed by atoms with E-state index in [1.165, 1.54) is 54.1 Å². The van der Waals surface area contributed by atoms with Gasteiger partial charge in [0.05, 0.1) is 30.2 Å². The van der Waals surface area contributed by atoms with Crippen molar-refractivity contribution in [2.24, 2.45) is 0 Å². The van der Waals surface area contributed by atoms with E-state index < -0.39 is 12.9 Å². The van der Waals surface area contributed by atoms with Crippen LogP contribution in [0.4, 0.5) is 0 Å². The highest BCUT2D eigenvalue weighted by molar-refractivity contribution is 9.15. The van der Waals surface area contributed by atoms with E-state index in [0.717, 1.165) is 8.96 Å². The van der Waals surface area contributed by atoms with Gasteiger partial charge in [0.25, 0.3) is 0 Å². The van der Waals surface area contributed by atoms with Gasteiger partial charge in [0.15, 0.2) is 0 Å². The molecule has 0 amide bonds. The average Bonchev–Trinajstić information content (AvgIpc) is 3.38. The first kappa shape index (κ1) is 27.0. The van der Waals surface area contributed by atoms with E-state index in [4.69, 9.17) is 24.5 Å². The molecular formula is C34H22Br2P2S2. The summed E-state index contributed by atoms with van der Waals surface area (Å²) in [4.78, 5) is 0. The quantitative estimate of drug-likeness (QED) is 0.135. The van der Waals surface area contributed by atoms with Gasteiger partial charge in [-0.15, -0.1) is 0 Å². The second-order valence-corrected chi connectivity index (χ2v) is 20.0. The van der Waals surface area contributed by atoms with Crippen LogP contribution < -0.4 is 21.2 Å². The molecule has 2 atom stereocenters. The predicted molar refractivity (Wildman–Crippen MR) is 191 cm³/mol. The molecule has 7 rings (SSSR count). The summed E-state index contributed by atoms with van der Waals surface area (Å²) in [5.41, 5.74) is 4.68. The van der Waals surface area contributed by atoms with Gasteiger partial charge in [-0.1, -0.05) is 97.1 Å². The molecule has 6 heteroatoms. The number of hydrogen-bond donors (Lipinski definition) is 0. The third kappa shape index (κ3) is 3.95. The van der Waals surface area contributed by atoms with E-state index in [0.29, 0.717) is 0 Å². The highest BCUT2D eigenvalue weighted by Crippen LogP contribution is 2.76. The molecule has 0 saturated carbocycles. The molecule has 0 N–H and O–H groups in total. The Morgan fingerprint density at radius 3 is 1.05 bits per heavy atom. The summed E-state index contributed by atoms with van der Waals surface area (Å²) >= 11 is 21.8. The van der Waals surface area contributed by atoms with Crippen molar-refractivity contribution in [1.29, 1.82) is 0 Å². The zero-order valence-electron chi connectivity index (χ0n) is 21.2. The Balaban J connectivity index is 1.55. The van der Waals surface area contributed by atoms with Crippen molar-refractivity contribution in [3.63, 3.8) is 0 Å². The maximum absolute atomic E-state index is 6.83. The molecule has 0 radical (unpaired) electrons. The van der Waals surface area contributed by atoms with Crippen LogP contribution in [-0.2, 0) is 24.5 Å². The van der Waals surface area contributed by atoms with Crippen molar-refractivity contribution < 1.29 is 0 Å². The van der Waals surface area contributed by atoms with Crippen LogP contribution in [0.1, 0.15) is 22.3 Å². The first-order valence-corrected chi connectivity index (χ1v) is 20.1. The lowest BCUT2D eigenvalue weighted by Crippen LogP contribution is -2.25. The molecule has 2 unspecified atom stereocenters. The highest BCUT2D eigenvalue weighted by Gasteiger charge is 2.51. The Kier molecular flexibility index (Phi) is 7.03. The van der Waals surface area contributed by atoms with Crippen LogP contribution in [0.15, 0.2) is 133 Å². The molecule has 2 heterocycles. The van der Waals surface area contributed by atoms with Gasteiger partial charge in [-0.05, 0) is 81.2 Å². The molecule has 0 nitrogen and oxygen atoms in total. The summed E-state index contributed by atoms with van der Waals surface area (Å²) < 4.78 is 2.17. The second kappa shape index (κ2) is 10.4. The summed E-state index contributed by atoms with van der Waals surface area (Å²) in [6.07, 6.45) is 0. The van der Waals surface area contributed by atoms with Crippen LogP contribution >= 0.6 is 44.8 Å². The van der Waals surface area contributed by atoms with Gasteiger partial charge in [-0.25, -0.2) is 0 Å². The van der Waals surface area contributed by atoms with E-state index in [-0.39, 0.29) is 0 Å². The summed E-state index contributed by atoms with van der Waals surface area (Å²) in [5.74, 6) is 0. The SMILES string of the molecule is [S-][P+]1(c2ccccc2)C(c2ccccc2)=C(Br)c2cc3c(cc21)C(Br)=C(c1ccccc1)[P+]3([S-])c1ccccc1. The lowest BCUT2D eigenvalue weighted by atomic mass is 10.1. The Labute approximate surface area is 263 Å². The van der Waals surface area contributed by atoms with Crippen molar-refractivity contribution in [2.75, 3.05) is 0 Å². The third-order valence-electron chi connectivity index (χ3n) is 7.65. The fraction of sp³-hybridized carbons (Fsp3) is 0. The van der Waals surface area contributed by atoms with Crippen molar-refractivity contribution in [1.82, 2.24) is 0 Å². The molecule has 0 spiro atoms. The Morgan fingerprint density at radius 2 is 0.725 bits per heavy atom. The van der Waals surface area contributed by atoms with E-state index in [1.54, 1.807) is 0 Å². The molecule has 194 valence electrons. The van der Waals surface area contributed by atoms with Crippen LogP contribution in [0.5, 0.6) is 0 Å². The van der Waals surface area contributed by atoms with Gasteiger partial charge in [-0.2, -0.15) is 0 Å². The highest BCUT2D eigenvalue weighted by atomic mass is 79.9. The fourth-order valence-corrected chi connectivity index (χ4v) is 18.6. The van der Waals surface area contributed by atoms with Crippen LogP contribution in [0.3, 0.4) is 0 Å². The molecule has 5 aromatic rings. The second-order valence-electron chi connectivity index (χ2n) is 9.83. The van der Waals surface area contributed by atoms with E-state index in [1.807, 2.05) is 0 Å². The summed E-state index contributed by atoms with van der Waals surface area (Å²) in [5, 5.41) is 7.26. The average molecular weight is 716 g/mol. The molecule has 0 aliphatic carbocycles. The van der Waals surface area contributed by atoms with E-state index in [9.17, 15) is 0 Å². The van der Waals surface area contributed by atoms with Crippen LogP contribution in [0.25, 0.3) is 19.6 Å². The molecule has 2 aliphatic rings. The minimum atomic E-state index is -2.36. The van der Waals surface area contributed by atoms with Crippen LogP contribution in [0.2, 0.25) is 0 Å². The first-order chi connectivity index (χ1) is 19.5. The maximum atomic E-state index is 6.83. The normalized spacial score (nSPS) is 21.5. The molecule has 5 aromatic carbocycles. The Morgan fingerprint density at radius 1 is 0.425 bits per heavy atom. The monoisotopic (exact) mass is 714 g/mol. The molecular weight excluding hydrogens is 694 g/mol.